The van der Waals surface area contributed by atoms with E-state index in [1.807, 2.05) is 24.5 Å². The topological polar surface area (TPSA) is 46.9 Å². The molecular weight excluding hydrogens is 258 g/mol. The van der Waals surface area contributed by atoms with Crippen molar-refractivity contribution in [2.45, 2.75) is 26.4 Å². The van der Waals surface area contributed by atoms with Crippen LogP contribution in [-0.4, -0.2) is 27.5 Å². The molecule has 0 saturated heterocycles. The summed E-state index contributed by atoms with van der Waals surface area (Å²) in [5.74, 6) is 1.86. The van der Waals surface area contributed by atoms with E-state index in [1.165, 1.54) is 0 Å². The summed E-state index contributed by atoms with van der Waals surface area (Å²) < 4.78 is 2.14. The molecule has 1 heterocycles. The van der Waals surface area contributed by atoms with Crippen LogP contribution in [0.2, 0.25) is 0 Å². The fourth-order valence-electron chi connectivity index (χ4n) is 2.07. The molecule has 0 bridgehead atoms. The Hall–Kier alpha value is -1.49. The van der Waals surface area contributed by atoms with E-state index in [1.54, 1.807) is 11.8 Å². The molecule has 0 fully saturated rings. The number of nitrogens with zero attached hydrogens (tertiary/aromatic N) is 2. The van der Waals surface area contributed by atoms with E-state index in [0.717, 1.165) is 29.2 Å². The predicted molar refractivity (Wildman–Crippen MR) is 80.3 cm³/mol. The van der Waals surface area contributed by atoms with Crippen LogP contribution < -0.4 is 5.32 Å². The highest BCUT2D eigenvalue weighted by atomic mass is 32.2. The lowest BCUT2D eigenvalue weighted by Crippen LogP contribution is -2.24. The van der Waals surface area contributed by atoms with E-state index in [4.69, 9.17) is 0 Å². The molecule has 0 atom stereocenters. The van der Waals surface area contributed by atoms with Gasteiger partial charge in [-0.15, -0.1) is 0 Å². The van der Waals surface area contributed by atoms with Crippen molar-refractivity contribution >= 4 is 28.7 Å². The number of carbonyl (C=O) groups excluding carboxylic acids is 1. The lowest BCUT2D eigenvalue weighted by molar-refractivity contribution is -0.120. The SMILES string of the molecule is CCn1c(CNC(=O)CCSC)nc2ccccc21. The number of amides is 1. The maximum absolute atomic E-state index is 11.6. The fourth-order valence-corrected chi connectivity index (χ4v) is 2.46. The van der Waals surface area contributed by atoms with Crippen molar-refractivity contribution in [1.29, 1.82) is 0 Å². The quantitative estimate of drug-likeness (QED) is 0.882. The normalized spacial score (nSPS) is 10.8. The molecule has 0 saturated carbocycles. The van der Waals surface area contributed by atoms with Crippen LogP contribution in [-0.2, 0) is 17.9 Å². The highest BCUT2D eigenvalue weighted by Gasteiger charge is 2.09. The number of fused-ring (bicyclic) bond motifs is 1. The minimum absolute atomic E-state index is 0.0871. The molecule has 0 radical (unpaired) electrons. The first-order chi connectivity index (χ1) is 9.26. The van der Waals surface area contributed by atoms with Gasteiger partial charge in [-0.1, -0.05) is 12.1 Å². The van der Waals surface area contributed by atoms with Crippen LogP contribution in [0, 0.1) is 0 Å². The number of aromatic nitrogens is 2. The molecular formula is C14H19N3OS. The summed E-state index contributed by atoms with van der Waals surface area (Å²) >= 11 is 1.68. The van der Waals surface area contributed by atoms with Crippen LogP contribution in [0.1, 0.15) is 19.2 Å². The van der Waals surface area contributed by atoms with E-state index < -0.39 is 0 Å². The number of hydrogen-bond donors (Lipinski definition) is 1. The van der Waals surface area contributed by atoms with Crippen LogP contribution in [0.4, 0.5) is 0 Å². The average Bonchev–Trinajstić information content (AvgIpc) is 2.80. The maximum Gasteiger partial charge on any atom is 0.221 e. The van der Waals surface area contributed by atoms with Crippen molar-refractivity contribution in [3.63, 3.8) is 0 Å². The van der Waals surface area contributed by atoms with Gasteiger partial charge in [-0.2, -0.15) is 11.8 Å². The number of rotatable bonds is 6. The van der Waals surface area contributed by atoms with Gasteiger partial charge in [-0.25, -0.2) is 4.98 Å². The number of nitrogens with one attached hydrogen (secondary N) is 1. The minimum atomic E-state index is 0.0871. The minimum Gasteiger partial charge on any atom is -0.349 e. The molecule has 0 unspecified atom stereocenters. The number of para-hydroxylation sites is 2. The van der Waals surface area contributed by atoms with Gasteiger partial charge in [0.15, 0.2) is 0 Å². The standard InChI is InChI=1S/C14H19N3OS/c1-3-17-12-7-5-4-6-11(12)16-13(17)10-15-14(18)8-9-19-2/h4-7H,3,8-10H2,1-2H3,(H,15,18). The van der Waals surface area contributed by atoms with Crippen LogP contribution in [0.15, 0.2) is 24.3 Å². The summed E-state index contributed by atoms with van der Waals surface area (Å²) in [5, 5.41) is 2.93. The Morgan fingerprint density at radius 1 is 1.42 bits per heavy atom. The first kappa shape index (κ1) is 13.9. The van der Waals surface area contributed by atoms with Crippen molar-refractivity contribution in [1.82, 2.24) is 14.9 Å². The Labute approximate surface area is 117 Å². The zero-order valence-electron chi connectivity index (χ0n) is 11.3. The zero-order chi connectivity index (χ0) is 13.7. The molecule has 0 aliphatic carbocycles. The molecule has 0 aliphatic rings. The number of thioether (sulfide) groups is 1. The van der Waals surface area contributed by atoms with Gasteiger partial charge in [0.05, 0.1) is 17.6 Å². The third-order valence-corrected chi connectivity index (χ3v) is 3.64. The van der Waals surface area contributed by atoms with Gasteiger partial charge in [0.2, 0.25) is 5.91 Å². The van der Waals surface area contributed by atoms with E-state index in [-0.39, 0.29) is 5.91 Å². The Bertz CT molecular complexity index is 565. The van der Waals surface area contributed by atoms with Gasteiger partial charge in [-0.3, -0.25) is 4.79 Å². The molecule has 2 aromatic rings. The summed E-state index contributed by atoms with van der Waals surface area (Å²) in [6, 6.07) is 8.05. The third-order valence-electron chi connectivity index (χ3n) is 3.03. The molecule has 0 spiro atoms. The molecule has 4 nitrogen and oxygen atoms in total. The summed E-state index contributed by atoms with van der Waals surface area (Å²) in [7, 11) is 0. The van der Waals surface area contributed by atoms with Crippen LogP contribution in [0.3, 0.4) is 0 Å². The molecule has 1 aromatic heterocycles. The molecule has 5 heteroatoms. The Kier molecular flexibility index (Phi) is 4.85. The van der Waals surface area contributed by atoms with Crippen molar-refractivity contribution < 1.29 is 4.79 Å². The van der Waals surface area contributed by atoms with Gasteiger partial charge in [-0.05, 0) is 25.3 Å². The van der Waals surface area contributed by atoms with Gasteiger partial charge in [0.1, 0.15) is 5.82 Å². The molecule has 1 aromatic carbocycles. The molecule has 1 N–H and O–H groups in total. The summed E-state index contributed by atoms with van der Waals surface area (Å²) in [6.45, 7) is 3.44. The monoisotopic (exact) mass is 277 g/mol. The lowest BCUT2D eigenvalue weighted by atomic mass is 10.3. The highest BCUT2D eigenvalue weighted by Crippen LogP contribution is 2.15. The van der Waals surface area contributed by atoms with Crippen LogP contribution >= 0.6 is 11.8 Å². The Morgan fingerprint density at radius 3 is 2.95 bits per heavy atom. The fraction of sp³-hybridized carbons (Fsp3) is 0.429. The smallest absolute Gasteiger partial charge is 0.221 e. The van der Waals surface area contributed by atoms with Gasteiger partial charge >= 0.3 is 0 Å². The third kappa shape index (κ3) is 3.29. The number of imidazole rings is 1. The van der Waals surface area contributed by atoms with Crippen molar-refractivity contribution in [2.24, 2.45) is 0 Å². The van der Waals surface area contributed by atoms with Crippen LogP contribution in [0.25, 0.3) is 11.0 Å². The summed E-state index contributed by atoms with van der Waals surface area (Å²) in [5.41, 5.74) is 2.11. The number of hydrogen-bond acceptors (Lipinski definition) is 3. The van der Waals surface area contributed by atoms with E-state index in [9.17, 15) is 4.79 Å². The largest absolute Gasteiger partial charge is 0.349 e. The molecule has 1 amide bonds. The summed E-state index contributed by atoms with van der Waals surface area (Å²) in [6.07, 6.45) is 2.57. The van der Waals surface area contributed by atoms with Gasteiger partial charge < -0.3 is 9.88 Å². The number of benzene rings is 1. The average molecular weight is 277 g/mol. The lowest BCUT2D eigenvalue weighted by Gasteiger charge is -2.07. The van der Waals surface area contributed by atoms with E-state index >= 15 is 0 Å². The molecule has 19 heavy (non-hydrogen) atoms. The molecule has 2 rings (SSSR count). The van der Waals surface area contributed by atoms with E-state index in [0.29, 0.717) is 13.0 Å². The highest BCUT2D eigenvalue weighted by molar-refractivity contribution is 7.98. The van der Waals surface area contributed by atoms with Crippen LogP contribution in [0.5, 0.6) is 0 Å². The number of aryl methyl sites for hydroxylation is 1. The second-order valence-corrected chi connectivity index (χ2v) is 5.27. The maximum atomic E-state index is 11.6. The second kappa shape index (κ2) is 6.61. The predicted octanol–water partition coefficient (Wildman–Crippen LogP) is 2.43. The van der Waals surface area contributed by atoms with E-state index in [2.05, 4.69) is 27.9 Å². The molecule has 102 valence electrons. The zero-order valence-corrected chi connectivity index (χ0v) is 12.2. The van der Waals surface area contributed by atoms with Crippen molar-refractivity contribution in [3.8, 4) is 0 Å². The van der Waals surface area contributed by atoms with Crippen molar-refractivity contribution in [2.75, 3.05) is 12.0 Å². The molecule has 0 aliphatic heterocycles. The van der Waals surface area contributed by atoms with Gasteiger partial charge in [0, 0.05) is 18.7 Å². The Morgan fingerprint density at radius 2 is 2.21 bits per heavy atom. The first-order valence-corrected chi connectivity index (χ1v) is 7.85. The number of carbonyl (C=O) groups is 1. The summed E-state index contributed by atoms with van der Waals surface area (Å²) in [4.78, 5) is 16.2. The van der Waals surface area contributed by atoms with Gasteiger partial charge in [0.25, 0.3) is 0 Å². The second-order valence-electron chi connectivity index (χ2n) is 4.28. The first-order valence-electron chi connectivity index (χ1n) is 6.46. The Balaban J connectivity index is 2.10. The van der Waals surface area contributed by atoms with Crippen molar-refractivity contribution in [3.05, 3.63) is 30.1 Å².